The number of hydrogen-bond acceptors (Lipinski definition) is 3. The van der Waals surface area contributed by atoms with E-state index in [4.69, 9.17) is 27.9 Å². The summed E-state index contributed by atoms with van der Waals surface area (Å²) in [6.45, 7) is 10.8. The largest absolute Gasteiger partial charge is 0.483 e. The fraction of sp³-hybridized carbons (Fsp3) is 0.375. The molecule has 0 aliphatic rings. The summed E-state index contributed by atoms with van der Waals surface area (Å²) < 4.78 is 6.10. The minimum atomic E-state index is -0.755. The summed E-state index contributed by atoms with van der Waals surface area (Å²) in [6.07, 6.45) is 0.358. The number of halogens is 2. The van der Waals surface area contributed by atoms with Gasteiger partial charge in [0.2, 0.25) is 5.91 Å². The molecule has 0 saturated carbocycles. The van der Waals surface area contributed by atoms with Gasteiger partial charge in [-0.2, -0.15) is 0 Å². The van der Waals surface area contributed by atoms with Gasteiger partial charge >= 0.3 is 0 Å². The Morgan fingerprint density at radius 3 is 2.21 bits per heavy atom. The van der Waals surface area contributed by atoms with Crippen LogP contribution < -0.4 is 10.1 Å². The molecule has 1 atom stereocenters. The fourth-order valence-electron chi connectivity index (χ4n) is 4.25. The third-order valence-electron chi connectivity index (χ3n) is 6.34. The highest BCUT2D eigenvalue weighted by molar-refractivity contribution is 6.42. The molecule has 208 valence electrons. The smallest absolute Gasteiger partial charge is 0.261 e. The summed E-state index contributed by atoms with van der Waals surface area (Å²) in [5, 5.41) is 3.84. The SMILES string of the molecule is CC(C)CNC(=O)[C@H](Cc1ccccc1)N(Cc1ccc(Cl)c(Cl)c1)C(=O)COc1ccccc1C(C)(C)C. The third-order valence-corrected chi connectivity index (χ3v) is 7.08. The van der Waals surface area contributed by atoms with E-state index in [1.807, 2.05) is 74.5 Å². The quantitative estimate of drug-likeness (QED) is 0.269. The lowest BCUT2D eigenvalue weighted by molar-refractivity contribution is -0.142. The summed E-state index contributed by atoms with van der Waals surface area (Å²) in [7, 11) is 0. The van der Waals surface area contributed by atoms with Gasteiger partial charge in [0.25, 0.3) is 5.91 Å². The maximum absolute atomic E-state index is 13.9. The maximum Gasteiger partial charge on any atom is 0.261 e. The van der Waals surface area contributed by atoms with Gasteiger partial charge in [-0.15, -0.1) is 0 Å². The monoisotopic (exact) mass is 568 g/mol. The summed E-state index contributed by atoms with van der Waals surface area (Å²) in [5.74, 6) is 0.404. The van der Waals surface area contributed by atoms with Crippen molar-refractivity contribution in [3.63, 3.8) is 0 Å². The molecular weight excluding hydrogens is 531 g/mol. The van der Waals surface area contributed by atoms with Crippen LogP contribution >= 0.6 is 23.2 Å². The number of carbonyl (C=O) groups excluding carboxylic acids is 2. The number of ether oxygens (including phenoxy) is 1. The predicted molar refractivity (Wildman–Crippen MR) is 159 cm³/mol. The maximum atomic E-state index is 13.9. The number of amides is 2. The van der Waals surface area contributed by atoms with Gasteiger partial charge in [-0.3, -0.25) is 9.59 Å². The zero-order valence-electron chi connectivity index (χ0n) is 23.3. The average Bonchev–Trinajstić information content (AvgIpc) is 2.90. The van der Waals surface area contributed by atoms with Crippen LogP contribution in [0.25, 0.3) is 0 Å². The molecule has 0 aliphatic heterocycles. The molecular formula is C32H38Cl2N2O3. The first kappa shape index (κ1) is 30.5. The lowest BCUT2D eigenvalue weighted by Gasteiger charge is -2.32. The van der Waals surface area contributed by atoms with E-state index >= 15 is 0 Å². The van der Waals surface area contributed by atoms with Gasteiger partial charge < -0.3 is 15.0 Å². The normalized spacial score (nSPS) is 12.2. The zero-order chi connectivity index (χ0) is 28.6. The Hall–Kier alpha value is -3.02. The Morgan fingerprint density at radius 1 is 0.897 bits per heavy atom. The van der Waals surface area contributed by atoms with Crippen molar-refractivity contribution in [3.05, 3.63) is 99.5 Å². The van der Waals surface area contributed by atoms with Crippen LogP contribution in [-0.2, 0) is 28.0 Å². The first-order chi connectivity index (χ1) is 18.5. The molecule has 5 nitrogen and oxygen atoms in total. The number of nitrogens with one attached hydrogen (secondary N) is 1. The first-order valence-electron chi connectivity index (χ1n) is 13.2. The van der Waals surface area contributed by atoms with Crippen molar-refractivity contribution in [1.82, 2.24) is 10.2 Å². The molecule has 1 N–H and O–H groups in total. The molecule has 0 radical (unpaired) electrons. The second kappa shape index (κ2) is 13.9. The molecule has 0 unspecified atom stereocenters. The van der Waals surface area contributed by atoms with Gasteiger partial charge in [0, 0.05) is 19.5 Å². The number of rotatable bonds is 11. The van der Waals surface area contributed by atoms with Crippen LogP contribution in [0.1, 0.15) is 51.3 Å². The predicted octanol–water partition coefficient (Wildman–Crippen LogP) is 7.08. The van der Waals surface area contributed by atoms with Gasteiger partial charge in [-0.25, -0.2) is 0 Å². The molecule has 0 fully saturated rings. The summed E-state index contributed by atoms with van der Waals surface area (Å²) in [6, 6.07) is 21.9. The van der Waals surface area contributed by atoms with Crippen LogP contribution in [0.15, 0.2) is 72.8 Å². The Bertz CT molecular complexity index is 1260. The van der Waals surface area contributed by atoms with Crippen LogP contribution in [0.3, 0.4) is 0 Å². The highest BCUT2D eigenvalue weighted by Gasteiger charge is 2.31. The molecule has 0 aliphatic carbocycles. The Morgan fingerprint density at radius 2 is 1.56 bits per heavy atom. The fourth-order valence-corrected chi connectivity index (χ4v) is 4.57. The van der Waals surface area contributed by atoms with E-state index in [0.29, 0.717) is 28.8 Å². The highest BCUT2D eigenvalue weighted by Crippen LogP contribution is 2.31. The van der Waals surface area contributed by atoms with Gasteiger partial charge in [0.15, 0.2) is 6.61 Å². The number of benzene rings is 3. The second-order valence-electron chi connectivity index (χ2n) is 11.1. The van der Waals surface area contributed by atoms with Crippen molar-refractivity contribution in [1.29, 1.82) is 0 Å². The van der Waals surface area contributed by atoms with Crippen LogP contribution in [0.4, 0.5) is 0 Å². The van der Waals surface area contributed by atoms with Crippen LogP contribution in [-0.4, -0.2) is 35.9 Å². The van der Waals surface area contributed by atoms with E-state index in [1.165, 1.54) is 0 Å². The Kier molecular flexibility index (Phi) is 10.8. The molecule has 0 aromatic heterocycles. The topological polar surface area (TPSA) is 58.6 Å². The average molecular weight is 570 g/mol. The van der Waals surface area contributed by atoms with Crippen molar-refractivity contribution in [3.8, 4) is 5.75 Å². The van der Waals surface area contributed by atoms with Crippen molar-refractivity contribution >= 4 is 35.0 Å². The van der Waals surface area contributed by atoms with Crippen LogP contribution in [0.5, 0.6) is 5.75 Å². The van der Waals surface area contributed by atoms with E-state index in [1.54, 1.807) is 17.0 Å². The lowest BCUT2D eigenvalue weighted by atomic mass is 9.86. The third kappa shape index (κ3) is 9.01. The van der Waals surface area contributed by atoms with Crippen molar-refractivity contribution in [2.45, 2.75) is 59.0 Å². The molecule has 3 aromatic carbocycles. The molecule has 39 heavy (non-hydrogen) atoms. The van der Waals surface area contributed by atoms with E-state index < -0.39 is 6.04 Å². The van der Waals surface area contributed by atoms with Gasteiger partial charge in [0.1, 0.15) is 11.8 Å². The molecule has 3 aromatic rings. The Balaban J connectivity index is 1.96. The second-order valence-corrected chi connectivity index (χ2v) is 12.0. The van der Waals surface area contributed by atoms with Crippen molar-refractivity contribution in [2.24, 2.45) is 5.92 Å². The van der Waals surface area contributed by atoms with E-state index in [0.717, 1.165) is 16.7 Å². The lowest BCUT2D eigenvalue weighted by Crippen LogP contribution is -2.52. The van der Waals surface area contributed by atoms with Gasteiger partial charge in [-0.1, -0.05) is 112 Å². The summed E-state index contributed by atoms with van der Waals surface area (Å²) in [5.41, 5.74) is 2.56. The molecule has 7 heteroatoms. The summed E-state index contributed by atoms with van der Waals surface area (Å²) >= 11 is 12.4. The van der Waals surface area contributed by atoms with Gasteiger partial charge in [0.05, 0.1) is 10.0 Å². The van der Waals surface area contributed by atoms with Crippen molar-refractivity contribution in [2.75, 3.05) is 13.2 Å². The van der Waals surface area contributed by atoms with E-state index in [9.17, 15) is 9.59 Å². The van der Waals surface area contributed by atoms with E-state index in [2.05, 4.69) is 26.1 Å². The van der Waals surface area contributed by atoms with Crippen LogP contribution in [0, 0.1) is 5.92 Å². The zero-order valence-corrected chi connectivity index (χ0v) is 24.9. The van der Waals surface area contributed by atoms with E-state index in [-0.39, 0.29) is 36.3 Å². The molecule has 2 amide bonds. The molecule has 0 bridgehead atoms. The van der Waals surface area contributed by atoms with Crippen molar-refractivity contribution < 1.29 is 14.3 Å². The first-order valence-corrected chi connectivity index (χ1v) is 14.0. The van der Waals surface area contributed by atoms with Gasteiger partial charge in [-0.05, 0) is 46.2 Å². The number of hydrogen-bond donors (Lipinski definition) is 1. The standard InChI is InChI=1S/C32H38Cl2N2O3/c1-22(2)19-35-31(38)28(18-23-11-7-6-8-12-23)36(20-24-15-16-26(33)27(34)17-24)30(37)21-39-29-14-10-9-13-25(29)32(3,4)5/h6-17,22,28H,18-21H2,1-5H3,(H,35,38)/t28-/m0/s1. The molecule has 0 heterocycles. The minimum absolute atomic E-state index is 0.161. The number of carbonyl (C=O) groups is 2. The summed E-state index contributed by atoms with van der Waals surface area (Å²) in [4.78, 5) is 29.0. The molecule has 3 rings (SSSR count). The number of para-hydroxylation sites is 1. The number of nitrogens with zero attached hydrogens (tertiary/aromatic N) is 1. The Labute approximate surface area is 242 Å². The van der Waals surface area contributed by atoms with Crippen LogP contribution in [0.2, 0.25) is 10.0 Å². The minimum Gasteiger partial charge on any atom is -0.483 e. The molecule has 0 spiro atoms. The molecule has 0 saturated heterocycles. The highest BCUT2D eigenvalue weighted by atomic mass is 35.5.